The zero-order chi connectivity index (χ0) is 21.5. The number of nitrogens with zero attached hydrogens (tertiary/aromatic N) is 2. The number of anilines is 1. The number of amides is 3. The molecule has 3 aromatic rings. The predicted octanol–water partition coefficient (Wildman–Crippen LogP) is 4.56. The van der Waals surface area contributed by atoms with Gasteiger partial charge in [0.15, 0.2) is 0 Å². The minimum Gasteiger partial charge on any atom is -0.496 e. The summed E-state index contributed by atoms with van der Waals surface area (Å²) in [6.07, 6.45) is 5.68. The van der Waals surface area contributed by atoms with Crippen LogP contribution >= 0.6 is 0 Å². The monoisotopic (exact) mass is 415 g/mol. The first-order chi connectivity index (χ1) is 15.1. The van der Waals surface area contributed by atoms with E-state index in [4.69, 9.17) is 4.74 Å². The molecule has 6 nitrogen and oxygen atoms in total. The van der Waals surface area contributed by atoms with E-state index < -0.39 is 0 Å². The zero-order valence-electron chi connectivity index (χ0n) is 17.7. The molecule has 1 aliphatic carbocycles. The highest BCUT2D eigenvalue weighted by Crippen LogP contribution is 2.43. The van der Waals surface area contributed by atoms with Crippen LogP contribution in [-0.2, 0) is 4.79 Å². The summed E-state index contributed by atoms with van der Waals surface area (Å²) in [7, 11) is 1.69. The number of hydrogen-bond acceptors (Lipinski definition) is 4. The van der Waals surface area contributed by atoms with Crippen LogP contribution in [-0.4, -0.2) is 30.1 Å². The van der Waals surface area contributed by atoms with Gasteiger partial charge in [-0.2, -0.15) is 0 Å². The van der Waals surface area contributed by atoms with Gasteiger partial charge in [0, 0.05) is 28.6 Å². The molecule has 1 aliphatic heterocycles. The molecule has 0 bridgehead atoms. The van der Waals surface area contributed by atoms with Crippen LogP contribution in [0.1, 0.15) is 36.3 Å². The Balaban J connectivity index is 1.44. The quantitative estimate of drug-likeness (QED) is 0.681. The van der Waals surface area contributed by atoms with Crippen LogP contribution < -0.4 is 15.0 Å². The van der Waals surface area contributed by atoms with Gasteiger partial charge in [-0.05, 0) is 43.7 Å². The molecule has 158 valence electrons. The minimum atomic E-state index is -0.373. The van der Waals surface area contributed by atoms with E-state index in [1.165, 1.54) is 16.0 Å². The van der Waals surface area contributed by atoms with Crippen molar-refractivity contribution in [1.82, 2.24) is 10.3 Å². The van der Waals surface area contributed by atoms with Gasteiger partial charge in [0.2, 0.25) is 5.91 Å². The summed E-state index contributed by atoms with van der Waals surface area (Å²) in [4.78, 5) is 32.1. The molecule has 1 aromatic heterocycles. The van der Waals surface area contributed by atoms with Crippen LogP contribution in [0.15, 0.2) is 54.9 Å². The number of ether oxygens (including phenoxy) is 1. The fourth-order valence-corrected chi connectivity index (χ4v) is 5.24. The summed E-state index contributed by atoms with van der Waals surface area (Å²) in [5.74, 6) is 0.752. The van der Waals surface area contributed by atoms with Gasteiger partial charge in [0.25, 0.3) is 0 Å². The van der Waals surface area contributed by atoms with Crippen molar-refractivity contribution in [2.75, 3.05) is 12.0 Å². The molecule has 31 heavy (non-hydrogen) atoms. The van der Waals surface area contributed by atoms with Crippen molar-refractivity contribution in [3.05, 3.63) is 66.0 Å². The van der Waals surface area contributed by atoms with Crippen molar-refractivity contribution in [3.63, 3.8) is 0 Å². The standard InChI is InChI=1S/C25H25N3O3/c1-15-6-5-9-22(31-2)23(15)16-10-11-19-20(12-16)27-25(30)28(24(19)29)21-14-26-13-17-7-3-4-8-18(17)21/h3-9,13-14,16,19-20H,10-12H2,1-2H3,(H,27,30). The molecule has 6 heteroatoms. The third-order valence-corrected chi connectivity index (χ3v) is 6.70. The second-order valence-corrected chi connectivity index (χ2v) is 8.42. The van der Waals surface area contributed by atoms with Crippen molar-refractivity contribution in [2.24, 2.45) is 5.92 Å². The van der Waals surface area contributed by atoms with Crippen LogP contribution in [0.3, 0.4) is 0 Å². The smallest absolute Gasteiger partial charge is 0.329 e. The average Bonchev–Trinajstić information content (AvgIpc) is 2.78. The largest absolute Gasteiger partial charge is 0.496 e. The molecule has 1 saturated heterocycles. The van der Waals surface area contributed by atoms with Crippen molar-refractivity contribution < 1.29 is 14.3 Å². The van der Waals surface area contributed by atoms with Gasteiger partial charge in [-0.1, -0.05) is 36.4 Å². The zero-order valence-corrected chi connectivity index (χ0v) is 17.7. The summed E-state index contributed by atoms with van der Waals surface area (Å²) in [6.45, 7) is 2.09. The molecule has 3 unspecified atom stereocenters. The number of methoxy groups -OCH3 is 1. The Morgan fingerprint density at radius 3 is 2.74 bits per heavy atom. The minimum absolute atomic E-state index is 0.137. The van der Waals surface area contributed by atoms with Crippen molar-refractivity contribution in [1.29, 1.82) is 0 Å². The first-order valence-electron chi connectivity index (χ1n) is 10.7. The average molecular weight is 415 g/mol. The summed E-state index contributed by atoms with van der Waals surface area (Å²) < 4.78 is 5.60. The van der Waals surface area contributed by atoms with Crippen molar-refractivity contribution in [3.8, 4) is 5.75 Å². The Labute approximate surface area is 181 Å². The van der Waals surface area contributed by atoms with Gasteiger partial charge in [-0.15, -0.1) is 0 Å². The second kappa shape index (κ2) is 7.69. The Bertz CT molecular complexity index is 1170. The van der Waals surface area contributed by atoms with Crippen molar-refractivity contribution >= 4 is 28.4 Å². The van der Waals surface area contributed by atoms with Gasteiger partial charge < -0.3 is 10.1 Å². The molecule has 0 radical (unpaired) electrons. The predicted molar refractivity (Wildman–Crippen MR) is 119 cm³/mol. The van der Waals surface area contributed by atoms with Crippen LogP contribution in [0.25, 0.3) is 10.8 Å². The molecule has 0 spiro atoms. The molecule has 2 heterocycles. The van der Waals surface area contributed by atoms with Gasteiger partial charge in [0.1, 0.15) is 5.75 Å². The van der Waals surface area contributed by atoms with Crippen LogP contribution in [0.5, 0.6) is 5.75 Å². The number of urea groups is 1. The topological polar surface area (TPSA) is 71.5 Å². The molecule has 2 fully saturated rings. The van der Waals surface area contributed by atoms with E-state index in [9.17, 15) is 9.59 Å². The normalized spacial score (nSPS) is 23.4. The van der Waals surface area contributed by atoms with Gasteiger partial charge >= 0.3 is 6.03 Å². The van der Waals surface area contributed by atoms with E-state index in [2.05, 4.69) is 23.3 Å². The lowest BCUT2D eigenvalue weighted by Gasteiger charge is -2.42. The number of carbonyl (C=O) groups excluding carboxylic acids is 2. The first-order valence-corrected chi connectivity index (χ1v) is 10.7. The third kappa shape index (κ3) is 3.23. The number of fused-ring (bicyclic) bond motifs is 2. The van der Waals surface area contributed by atoms with Crippen LogP contribution in [0.4, 0.5) is 10.5 Å². The number of benzene rings is 2. The van der Waals surface area contributed by atoms with Crippen LogP contribution in [0.2, 0.25) is 0 Å². The number of rotatable bonds is 3. The lowest BCUT2D eigenvalue weighted by atomic mass is 9.73. The fourth-order valence-electron chi connectivity index (χ4n) is 5.24. The SMILES string of the molecule is COc1cccc(C)c1C1CCC2C(=O)N(c3cncc4ccccc34)C(=O)NC2C1. The molecule has 1 saturated carbocycles. The van der Waals surface area contributed by atoms with E-state index in [-0.39, 0.29) is 29.8 Å². The fraction of sp³-hybridized carbons (Fsp3) is 0.320. The molecular formula is C25H25N3O3. The molecule has 3 atom stereocenters. The Morgan fingerprint density at radius 2 is 1.90 bits per heavy atom. The number of pyridine rings is 1. The summed E-state index contributed by atoms with van der Waals surface area (Å²) in [5, 5.41) is 4.86. The highest BCUT2D eigenvalue weighted by Gasteiger charge is 2.45. The maximum absolute atomic E-state index is 13.5. The molecule has 2 aliphatic rings. The Kier molecular flexibility index (Phi) is 4.85. The van der Waals surface area contributed by atoms with E-state index in [1.54, 1.807) is 19.5 Å². The maximum atomic E-state index is 13.5. The first kappa shape index (κ1) is 19.5. The maximum Gasteiger partial charge on any atom is 0.329 e. The highest BCUT2D eigenvalue weighted by atomic mass is 16.5. The summed E-state index contributed by atoms with van der Waals surface area (Å²) in [6, 6.07) is 13.2. The molecule has 1 N–H and O–H groups in total. The number of nitrogens with one attached hydrogen (secondary N) is 1. The van der Waals surface area contributed by atoms with E-state index in [1.807, 2.05) is 36.4 Å². The van der Waals surface area contributed by atoms with E-state index in [0.717, 1.165) is 35.8 Å². The number of aryl methyl sites for hydroxylation is 1. The summed E-state index contributed by atoms with van der Waals surface area (Å²) >= 11 is 0. The lowest BCUT2D eigenvalue weighted by molar-refractivity contribution is -0.124. The molecule has 3 amide bonds. The Hall–Kier alpha value is -3.41. The van der Waals surface area contributed by atoms with Crippen molar-refractivity contribution in [2.45, 2.75) is 38.1 Å². The molecule has 5 rings (SSSR count). The highest BCUT2D eigenvalue weighted by molar-refractivity contribution is 6.20. The van der Waals surface area contributed by atoms with Gasteiger partial charge in [0.05, 0.1) is 24.9 Å². The number of imide groups is 1. The van der Waals surface area contributed by atoms with E-state index >= 15 is 0 Å². The number of hydrogen-bond donors (Lipinski definition) is 1. The third-order valence-electron chi connectivity index (χ3n) is 6.70. The Morgan fingerprint density at radius 1 is 1.06 bits per heavy atom. The number of carbonyl (C=O) groups is 2. The molecule has 2 aromatic carbocycles. The lowest BCUT2D eigenvalue weighted by Crippen LogP contribution is -2.61. The number of aromatic nitrogens is 1. The van der Waals surface area contributed by atoms with E-state index in [0.29, 0.717) is 5.69 Å². The van der Waals surface area contributed by atoms with Gasteiger partial charge in [-0.3, -0.25) is 9.78 Å². The van der Waals surface area contributed by atoms with Crippen LogP contribution in [0, 0.1) is 12.8 Å². The summed E-state index contributed by atoms with van der Waals surface area (Å²) in [5.41, 5.74) is 2.91. The van der Waals surface area contributed by atoms with Gasteiger partial charge in [-0.25, -0.2) is 9.69 Å². The molecular weight excluding hydrogens is 390 g/mol. The second-order valence-electron chi connectivity index (χ2n) is 8.42.